The summed E-state index contributed by atoms with van der Waals surface area (Å²) in [5.41, 5.74) is 0.174. The van der Waals surface area contributed by atoms with Crippen molar-refractivity contribution in [3.05, 3.63) is 78.4 Å². The quantitative estimate of drug-likeness (QED) is 0.218. The van der Waals surface area contributed by atoms with Gasteiger partial charge in [-0.3, -0.25) is 19.3 Å². The van der Waals surface area contributed by atoms with Crippen molar-refractivity contribution in [3.8, 4) is 0 Å². The molecule has 10 nitrogen and oxygen atoms in total. The van der Waals surface area contributed by atoms with Gasteiger partial charge in [-0.05, 0) is 80.2 Å². The molecule has 4 N–H and O–H groups in total. The highest BCUT2D eigenvalue weighted by atomic mass is 32.2. The molecule has 0 radical (unpaired) electrons. The predicted octanol–water partition coefficient (Wildman–Crippen LogP) is 3.86. The molecule has 0 spiro atoms. The maximum atomic E-state index is 13.9. The number of halogens is 3. The van der Waals surface area contributed by atoms with E-state index in [4.69, 9.17) is 0 Å². The van der Waals surface area contributed by atoms with Crippen LogP contribution in [-0.2, 0) is 30.6 Å². The van der Waals surface area contributed by atoms with E-state index in [0.717, 1.165) is 17.6 Å². The molecule has 0 saturated carbocycles. The number of benzene rings is 3. The largest absolute Gasteiger partial charge is 0.471 e. The first-order chi connectivity index (χ1) is 24.4. The van der Waals surface area contributed by atoms with E-state index in [0.29, 0.717) is 29.8 Å². The van der Waals surface area contributed by atoms with Gasteiger partial charge in [0.1, 0.15) is 6.04 Å². The molecule has 3 amide bonds. The third-order valence-electron chi connectivity index (χ3n) is 9.37. The number of aliphatic hydroxyl groups is 1. The zero-order valence-electron chi connectivity index (χ0n) is 29.2. The van der Waals surface area contributed by atoms with Crippen LogP contribution < -0.4 is 16.0 Å². The minimum absolute atomic E-state index is 0.0275. The second kappa shape index (κ2) is 16.1. The number of aliphatic hydroxyl groups excluding tert-OH is 1. The van der Waals surface area contributed by atoms with Crippen molar-refractivity contribution in [1.29, 1.82) is 0 Å². The smallest absolute Gasteiger partial charge is 0.390 e. The second-order valence-electron chi connectivity index (χ2n) is 14.6. The summed E-state index contributed by atoms with van der Waals surface area (Å²) in [6.07, 6.45) is -5.19. The highest BCUT2D eigenvalue weighted by Crippen LogP contribution is 2.40. The molecular formula is C37H45F3N4O6S2. The molecule has 6 atom stereocenters. The molecule has 2 saturated heterocycles. The lowest BCUT2D eigenvalue weighted by atomic mass is 9.89. The number of β-amino-alcohol motifs (C(OH)–C–C–N with tert-alkyl or cyclic N) is 1. The lowest BCUT2D eigenvalue weighted by Crippen LogP contribution is -2.61. The number of alkyl halides is 3. The number of sulfone groups is 1. The van der Waals surface area contributed by atoms with Crippen molar-refractivity contribution in [1.82, 2.24) is 20.9 Å². The zero-order valence-corrected chi connectivity index (χ0v) is 30.9. The van der Waals surface area contributed by atoms with E-state index in [2.05, 4.69) is 10.6 Å². The van der Waals surface area contributed by atoms with Crippen molar-refractivity contribution >= 4 is 50.1 Å². The van der Waals surface area contributed by atoms with Gasteiger partial charge >= 0.3 is 12.1 Å². The van der Waals surface area contributed by atoms with Crippen molar-refractivity contribution in [2.24, 2.45) is 5.92 Å². The highest BCUT2D eigenvalue weighted by Gasteiger charge is 2.45. The van der Waals surface area contributed by atoms with Gasteiger partial charge in [0, 0.05) is 23.9 Å². The number of hydrogen-bond donors (Lipinski definition) is 4. The molecule has 52 heavy (non-hydrogen) atoms. The van der Waals surface area contributed by atoms with E-state index >= 15 is 0 Å². The molecular weight excluding hydrogens is 718 g/mol. The maximum Gasteiger partial charge on any atom is 0.471 e. The number of amides is 3. The number of rotatable bonds is 12. The monoisotopic (exact) mass is 762 g/mol. The van der Waals surface area contributed by atoms with Gasteiger partial charge in [-0.15, -0.1) is 0 Å². The number of nitrogens with zero attached hydrogens (tertiary/aromatic N) is 1. The first-order valence-electron chi connectivity index (χ1n) is 17.2. The fourth-order valence-electron chi connectivity index (χ4n) is 6.79. The summed E-state index contributed by atoms with van der Waals surface area (Å²) < 4.78 is 67.6. The Labute approximate surface area is 306 Å². The number of carbonyl (C=O) groups is 3. The van der Waals surface area contributed by atoms with E-state index in [1.807, 2.05) is 37.4 Å². The Hall–Kier alpha value is -3.66. The molecule has 15 heteroatoms. The van der Waals surface area contributed by atoms with Gasteiger partial charge < -0.3 is 21.1 Å². The van der Waals surface area contributed by atoms with E-state index < -0.39 is 63.3 Å². The standard InChI is InChI=1S/C37H45F3N4O6S2/c1-36(2,3)43-34(47)30-19-32-26(15-16-51-32)20-44(30)21-31(45)28(17-23-9-5-4-6-10-23)41-33(46)29(42-35(48)37(38,39)40)22-52(49,50)27-14-13-24-11-7-8-12-25(24)18-27/h4-14,18,26,28-32,45H,15-17,19-22H2,1-3H3,(H,41,46)(H,42,48)(H,43,47)/t26-,28+,29-,30+,31-,32+/m1/s1. The summed E-state index contributed by atoms with van der Waals surface area (Å²) in [7, 11) is -4.43. The summed E-state index contributed by atoms with van der Waals surface area (Å²) in [5.74, 6) is -3.81. The van der Waals surface area contributed by atoms with Gasteiger partial charge in [0.2, 0.25) is 11.8 Å². The Morgan fingerprint density at radius 1 is 0.962 bits per heavy atom. The molecule has 0 aliphatic carbocycles. The summed E-state index contributed by atoms with van der Waals surface area (Å²) in [6.45, 7) is 6.10. The number of nitrogens with one attached hydrogen (secondary N) is 3. The first kappa shape index (κ1) is 39.5. The third kappa shape index (κ3) is 10.3. The Kier molecular flexibility index (Phi) is 12.3. The van der Waals surface area contributed by atoms with Gasteiger partial charge in [0.05, 0.1) is 28.8 Å². The Morgan fingerprint density at radius 3 is 2.31 bits per heavy atom. The first-order valence-corrected chi connectivity index (χ1v) is 19.9. The van der Waals surface area contributed by atoms with E-state index in [1.165, 1.54) is 12.1 Å². The van der Waals surface area contributed by atoms with Crippen LogP contribution in [0.4, 0.5) is 13.2 Å². The summed E-state index contributed by atoms with van der Waals surface area (Å²) >= 11 is 1.83. The van der Waals surface area contributed by atoms with E-state index in [1.54, 1.807) is 66.0 Å². The molecule has 2 aliphatic rings. The fraction of sp³-hybridized carbons (Fsp3) is 0.486. The van der Waals surface area contributed by atoms with Crippen LogP contribution >= 0.6 is 11.8 Å². The number of piperidine rings is 1. The van der Waals surface area contributed by atoms with E-state index in [9.17, 15) is 41.1 Å². The average Bonchev–Trinajstić information content (AvgIpc) is 3.53. The molecule has 5 rings (SSSR count). The Balaban J connectivity index is 1.41. The molecule has 0 unspecified atom stereocenters. The number of carbonyl (C=O) groups excluding carboxylic acids is 3. The molecule has 3 aromatic rings. The number of fused-ring (bicyclic) bond motifs is 2. The minimum atomic E-state index is -5.40. The average molecular weight is 763 g/mol. The van der Waals surface area contributed by atoms with Crippen LogP contribution in [0.1, 0.15) is 39.2 Å². The molecule has 282 valence electrons. The highest BCUT2D eigenvalue weighted by molar-refractivity contribution is 8.00. The number of likely N-dealkylation sites (tertiary alicyclic amines) is 1. The van der Waals surface area contributed by atoms with Gasteiger partial charge in [0.15, 0.2) is 9.84 Å². The van der Waals surface area contributed by atoms with E-state index in [-0.39, 0.29) is 29.0 Å². The van der Waals surface area contributed by atoms with Gasteiger partial charge in [0.25, 0.3) is 0 Å². The zero-order chi connectivity index (χ0) is 37.8. The summed E-state index contributed by atoms with van der Waals surface area (Å²) in [6, 6.07) is 16.0. The lowest BCUT2D eigenvalue weighted by molar-refractivity contribution is -0.174. The lowest BCUT2D eigenvalue weighted by Gasteiger charge is -2.43. The van der Waals surface area contributed by atoms with Crippen LogP contribution in [0.3, 0.4) is 0 Å². The normalized spacial score (nSPS) is 21.5. The van der Waals surface area contributed by atoms with Gasteiger partial charge in [-0.25, -0.2) is 8.42 Å². The van der Waals surface area contributed by atoms with Crippen LogP contribution in [0.25, 0.3) is 10.8 Å². The van der Waals surface area contributed by atoms with Crippen LogP contribution in [0, 0.1) is 5.92 Å². The Bertz CT molecular complexity index is 1860. The maximum absolute atomic E-state index is 13.9. The van der Waals surface area contributed by atoms with Gasteiger partial charge in [-0.2, -0.15) is 24.9 Å². The van der Waals surface area contributed by atoms with Gasteiger partial charge in [-0.1, -0.05) is 60.7 Å². The fourth-order valence-corrected chi connectivity index (χ4v) is 9.79. The Morgan fingerprint density at radius 2 is 1.63 bits per heavy atom. The number of hydrogen-bond acceptors (Lipinski definition) is 8. The van der Waals surface area contributed by atoms with Crippen LogP contribution in [0.5, 0.6) is 0 Å². The molecule has 2 heterocycles. The second-order valence-corrected chi connectivity index (χ2v) is 18.0. The molecule has 2 aliphatic heterocycles. The minimum Gasteiger partial charge on any atom is -0.390 e. The van der Waals surface area contributed by atoms with Crippen molar-refractivity contribution < 1.29 is 41.1 Å². The molecule has 0 aromatic heterocycles. The molecule has 2 fully saturated rings. The van der Waals surface area contributed by atoms with Crippen LogP contribution in [0.15, 0.2) is 77.7 Å². The SMILES string of the molecule is CC(C)(C)NC(=O)[C@@H]1C[C@@H]2SCC[C@@H]2CN1C[C@@H](O)[C@H](Cc1ccccc1)NC(=O)[C@@H](CS(=O)(=O)c1ccc2ccccc2c1)NC(=O)C(F)(F)F. The topological polar surface area (TPSA) is 145 Å². The van der Waals surface area contributed by atoms with Crippen molar-refractivity contribution in [2.45, 2.75) is 86.1 Å². The van der Waals surface area contributed by atoms with Crippen LogP contribution in [-0.4, -0.2) is 102 Å². The number of thioether (sulfide) groups is 1. The third-order valence-corrected chi connectivity index (χ3v) is 12.6. The predicted molar refractivity (Wildman–Crippen MR) is 194 cm³/mol. The summed E-state index contributed by atoms with van der Waals surface area (Å²) in [4.78, 5) is 41.2. The molecule has 0 bridgehead atoms. The summed E-state index contributed by atoms with van der Waals surface area (Å²) in [5, 5.41) is 20.5. The molecule has 3 aromatic carbocycles. The van der Waals surface area contributed by atoms with Crippen molar-refractivity contribution in [3.63, 3.8) is 0 Å². The van der Waals surface area contributed by atoms with Crippen LogP contribution in [0.2, 0.25) is 0 Å². The van der Waals surface area contributed by atoms with Crippen molar-refractivity contribution in [2.75, 3.05) is 24.6 Å².